The molecule has 5 rings (SSSR count). The molecule has 0 atom stereocenters. The number of anilines is 2. The zero-order chi connectivity index (χ0) is 22.4. The molecule has 3 aromatic carbocycles. The SMILES string of the molecule is Cc1ccc(N2C(=O)C(=C3Sc4ccccc4N3C)SC2=Nc2ccc(C)c(C)c2)cc1. The molecule has 0 N–H and O–H groups in total. The third-order valence-electron chi connectivity index (χ3n) is 5.72. The minimum absolute atomic E-state index is 0.0383. The van der Waals surface area contributed by atoms with Gasteiger partial charge in [-0.15, -0.1) is 0 Å². The Morgan fingerprint density at radius 3 is 2.31 bits per heavy atom. The lowest BCUT2D eigenvalue weighted by Crippen LogP contribution is -2.29. The molecule has 0 aromatic heterocycles. The number of rotatable bonds is 2. The first-order chi connectivity index (χ1) is 15.4. The second-order valence-electron chi connectivity index (χ2n) is 8.00. The molecule has 2 heterocycles. The summed E-state index contributed by atoms with van der Waals surface area (Å²) in [4.78, 5) is 24.3. The van der Waals surface area contributed by atoms with Crippen LogP contribution in [0.1, 0.15) is 16.7 Å². The largest absolute Gasteiger partial charge is 0.337 e. The van der Waals surface area contributed by atoms with E-state index < -0.39 is 0 Å². The minimum atomic E-state index is -0.0383. The Morgan fingerprint density at radius 1 is 0.844 bits per heavy atom. The monoisotopic (exact) mass is 457 g/mol. The van der Waals surface area contributed by atoms with E-state index in [9.17, 15) is 4.79 Å². The van der Waals surface area contributed by atoms with Crippen molar-refractivity contribution in [1.82, 2.24) is 0 Å². The topological polar surface area (TPSA) is 35.9 Å². The van der Waals surface area contributed by atoms with Crippen molar-refractivity contribution >= 4 is 51.7 Å². The number of fused-ring (bicyclic) bond motifs is 1. The molecule has 0 saturated carbocycles. The minimum Gasteiger partial charge on any atom is -0.337 e. The number of nitrogens with zero attached hydrogens (tertiary/aromatic N) is 3. The summed E-state index contributed by atoms with van der Waals surface area (Å²) in [6.45, 7) is 6.22. The summed E-state index contributed by atoms with van der Waals surface area (Å²) >= 11 is 3.09. The van der Waals surface area contributed by atoms with E-state index in [1.165, 1.54) is 22.9 Å². The van der Waals surface area contributed by atoms with Gasteiger partial charge in [0.05, 0.1) is 22.1 Å². The summed E-state index contributed by atoms with van der Waals surface area (Å²) in [6.07, 6.45) is 0. The van der Waals surface area contributed by atoms with Gasteiger partial charge < -0.3 is 4.90 Å². The molecule has 1 amide bonds. The van der Waals surface area contributed by atoms with E-state index in [4.69, 9.17) is 4.99 Å². The van der Waals surface area contributed by atoms with Crippen LogP contribution in [-0.4, -0.2) is 18.1 Å². The van der Waals surface area contributed by atoms with Crippen LogP contribution in [0.2, 0.25) is 0 Å². The van der Waals surface area contributed by atoms with Crippen LogP contribution in [0.5, 0.6) is 0 Å². The molecule has 3 aromatic rings. The Labute approximate surface area is 197 Å². The van der Waals surface area contributed by atoms with Crippen molar-refractivity contribution in [2.45, 2.75) is 25.7 Å². The number of amidine groups is 1. The van der Waals surface area contributed by atoms with Crippen molar-refractivity contribution in [3.8, 4) is 0 Å². The third kappa shape index (κ3) is 3.63. The highest BCUT2D eigenvalue weighted by molar-refractivity contribution is 8.20. The lowest BCUT2D eigenvalue weighted by atomic mass is 10.1. The second kappa shape index (κ2) is 8.19. The second-order valence-corrected chi connectivity index (χ2v) is 10.0. The zero-order valence-corrected chi connectivity index (χ0v) is 20.1. The highest BCUT2D eigenvalue weighted by Crippen LogP contribution is 2.50. The third-order valence-corrected chi connectivity index (χ3v) is 8.12. The molecule has 6 heteroatoms. The van der Waals surface area contributed by atoms with Gasteiger partial charge in [0.15, 0.2) is 5.17 Å². The fourth-order valence-electron chi connectivity index (χ4n) is 3.71. The van der Waals surface area contributed by atoms with Gasteiger partial charge in [-0.3, -0.25) is 9.69 Å². The first-order valence-electron chi connectivity index (χ1n) is 10.4. The lowest BCUT2D eigenvalue weighted by Gasteiger charge is -2.17. The van der Waals surface area contributed by atoms with Gasteiger partial charge in [0.1, 0.15) is 4.91 Å². The van der Waals surface area contributed by atoms with Crippen LogP contribution in [0, 0.1) is 20.8 Å². The van der Waals surface area contributed by atoms with Crippen LogP contribution in [0.4, 0.5) is 17.1 Å². The predicted octanol–water partition coefficient (Wildman–Crippen LogP) is 6.79. The Bertz CT molecular complexity index is 1290. The Balaban J connectivity index is 1.62. The van der Waals surface area contributed by atoms with E-state index in [1.807, 2.05) is 56.4 Å². The summed E-state index contributed by atoms with van der Waals surface area (Å²) in [5, 5.41) is 1.62. The molecule has 0 radical (unpaired) electrons. The molecule has 1 fully saturated rings. The number of hydrogen-bond acceptors (Lipinski definition) is 5. The molecule has 160 valence electrons. The fraction of sp³-hybridized carbons (Fsp3) is 0.154. The van der Waals surface area contributed by atoms with Gasteiger partial charge >= 0.3 is 0 Å². The lowest BCUT2D eigenvalue weighted by molar-refractivity contribution is -0.113. The van der Waals surface area contributed by atoms with Gasteiger partial charge in [0.25, 0.3) is 5.91 Å². The number of hydrogen-bond donors (Lipinski definition) is 0. The van der Waals surface area contributed by atoms with Crippen molar-refractivity contribution in [1.29, 1.82) is 0 Å². The van der Waals surface area contributed by atoms with Crippen molar-refractivity contribution in [2.75, 3.05) is 16.8 Å². The van der Waals surface area contributed by atoms with Crippen LogP contribution < -0.4 is 9.80 Å². The number of aryl methyl sites for hydroxylation is 3. The molecule has 32 heavy (non-hydrogen) atoms. The van der Waals surface area contributed by atoms with E-state index in [0.29, 0.717) is 10.1 Å². The molecule has 0 spiro atoms. The first kappa shape index (κ1) is 20.9. The quantitative estimate of drug-likeness (QED) is 0.397. The summed E-state index contributed by atoms with van der Waals surface area (Å²) in [5.41, 5.74) is 6.36. The van der Waals surface area contributed by atoms with E-state index in [1.54, 1.807) is 16.7 Å². The number of carbonyl (C=O) groups is 1. The fourth-order valence-corrected chi connectivity index (χ4v) is 6.05. The highest BCUT2D eigenvalue weighted by Gasteiger charge is 2.40. The maximum atomic E-state index is 13.7. The standard InChI is InChI=1S/C26H23N3OS2/c1-16-9-13-20(14-10-16)29-24(30)23(25-28(4)21-7-5-6-8-22(21)31-25)32-26(29)27-19-12-11-17(2)18(3)15-19/h5-15H,1-4H3. The van der Waals surface area contributed by atoms with Gasteiger partial charge in [-0.1, -0.05) is 47.7 Å². The van der Waals surface area contributed by atoms with E-state index in [2.05, 4.69) is 43.0 Å². The first-order valence-corrected chi connectivity index (χ1v) is 12.1. The number of carbonyl (C=O) groups excluding carboxylic acids is 1. The molecule has 0 unspecified atom stereocenters. The maximum absolute atomic E-state index is 13.7. The Kier molecular flexibility index (Phi) is 5.35. The van der Waals surface area contributed by atoms with Crippen molar-refractivity contribution in [3.63, 3.8) is 0 Å². The molecule has 0 bridgehead atoms. The number of amides is 1. The van der Waals surface area contributed by atoms with Gasteiger partial charge in [-0.2, -0.15) is 0 Å². The van der Waals surface area contributed by atoms with Crippen molar-refractivity contribution in [2.24, 2.45) is 4.99 Å². The smallest absolute Gasteiger partial charge is 0.274 e. The van der Waals surface area contributed by atoms with Crippen LogP contribution in [0.25, 0.3) is 0 Å². The van der Waals surface area contributed by atoms with Crippen LogP contribution >= 0.6 is 23.5 Å². The van der Waals surface area contributed by atoms with Gasteiger partial charge in [0.2, 0.25) is 0 Å². The molecule has 2 aliphatic rings. The highest BCUT2D eigenvalue weighted by atomic mass is 32.2. The van der Waals surface area contributed by atoms with E-state index in [-0.39, 0.29) is 5.91 Å². The summed E-state index contributed by atoms with van der Waals surface area (Å²) < 4.78 is 0. The average molecular weight is 458 g/mol. The molecule has 1 saturated heterocycles. The summed E-state index contributed by atoms with van der Waals surface area (Å²) in [6, 6.07) is 22.4. The van der Waals surface area contributed by atoms with Crippen molar-refractivity contribution in [3.05, 3.63) is 93.4 Å². The summed E-state index contributed by atoms with van der Waals surface area (Å²) in [5.74, 6) is -0.0383. The van der Waals surface area contributed by atoms with Crippen LogP contribution in [0.15, 0.2) is 86.6 Å². The van der Waals surface area contributed by atoms with E-state index in [0.717, 1.165) is 32.6 Å². The van der Waals surface area contributed by atoms with Crippen molar-refractivity contribution < 1.29 is 4.79 Å². The average Bonchev–Trinajstić information content (AvgIpc) is 3.28. The number of benzene rings is 3. The predicted molar refractivity (Wildman–Crippen MR) is 137 cm³/mol. The molecule has 4 nitrogen and oxygen atoms in total. The van der Waals surface area contributed by atoms with Gasteiger partial charge in [-0.05, 0) is 80.1 Å². The normalized spacial score (nSPS) is 19.2. The number of aliphatic imine (C=N–C) groups is 1. The maximum Gasteiger partial charge on any atom is 0.274 e. The van der Waals surface area contributed by atoms with Crippen LogP contribution in [-0.2, 0) is 4.79 Å². The Hall–Kier alpha value is -2.96. The molecule has 2 aliphatic heterocycles. The molecular formula is C26H23N3OS2. The molecule has 0 aliphatic carbocycles. The summed E-state index contributed by atoms with van der Waals surface area (Å²) in [7, 11) is 2.02. The van der Waals surface area contributed by atoms with E-state index >= 15 is 0 Å². The number of thioether (sulfide) groups is 2. The van der Waals surface area contributed by atoms with Gasteiger partial charge in [0, 0.05) is 11.9 Å². The molecular weight excluding hydrogens is 434 g/mol. The van der Waals surface area contributed by atoms with Gasteiger partial charge in [-0.25, -0.2) is 4.99 Å². The van der Waals surface area contributed by atoms with Crippen LogP contribution in [0.3, 0.4) is 0 Å². The Morgan fingerprint density at radius 2 is 1.59 bits per heavy atom. The number of para-hydroxylation sites is 1. The zero-order valence-electron chi connectivity index (χ0n) is 18.4.